The van der Waals surface area contributed by atoms with Gasteiger partial charge in [0.1, 0.15) is 84.6 Å². The van der Waals surface area contributed by atoms with E-state index in [1.807, 2.05) is 13.8 Å². The van der Waals surface area contributed by atoms with Crippen LogP contribution in [0, 0.1) is 17.2 Å². The van der Waals surface area contributed by atoms with Gasteiger partial charge in [-0.3, -0.25) is 82.1 Å². The van der Waals surface area contributed by atoms with Crippen molar-refractivity contribution in [3.05, 3.63) is 126 Å². The summed E-state index contributed by atoms with van der Waals surface area (Å²) in [6.45, 7) is 7.58. The Hall–Kier alpha value is -12.8. The number of carbonyl (C=O) groups excluding carboxylic acids is 14. The summed E-state index contributed by atoms with van der Waals surface area (Å²) in [4.78, 5) is 251. The minimum atomic E-state index is -1.91. The molecule has 0 aliphatic carbocycles. The van der Waals surface area contributed by atoms with E-state index >= 15 is 9.59 Å². The van der Waals surface area contributed by atoms with Gasteiger partial charge in [-0.2, -0.15) is 23.5 Å². The van der Waals surface area contributed by atoms with Gasteiger partial charge in [0.05, 0.1) is 19.0 Å². The molecule has 27 N–H and O–H groups in total. The SMILES string of the molecule is CSCC[C@H](NC(=O)[C@H](CO)NC(=O)[C@H](CCC(=O)O)NC(=O)[C@H](Cc1ccccc1)NC(=O)[C@H](Cc1ccccc1)NC(=O)[C@@H]1CCCN1C(=O)[C@H](C)NC(=O)[C@@H](N)CC(C)C)C(=O)N[C@@H](CCCCN)C(=O)N[C@@H](CCSC)C(=O)N[C@H](C(=O)N[C@@H](Cc1c[nH]c2ccccc12)C(=O)N[C@@H](CCCNC(=N)N)C(=O)N[C@@H](CCC(=O)O)C(=O)N[C@@H](Cc1cnc[nH]1)C(=O)O)C(C)C. The minimum Gasteiger partial charge on any atom is -0.481 e. The molecular weight excluding hydrogens is 1780 g/mol. The first-order valence-corrected chi connectivity index (χ1v) is 47.3. The van der Waals surface area contributed by atoms with E-state index in [4.69, 9.17) is 22.6 Å². The molecule has 734 valence electrons. The van der Waals surface area contributed by atoms with Gasteiger partial charge >= 0.3 is 17.9 Å². The Balaban J connectivity index is 1.21. The number of nitrogens with one attached hydrogen (secondary N) is 17. The van der Waals surface area contributed by atoms with E-state index in [0.29, 0.717) is 52.5 Å². The Kier molecular flexibility index (Phi) is 46.8. The average molecular weight is 1910 g/mol. The van der Waals surface area contributed by atoms with Crippen molar-refractivity contribution >= 4 is 141 Å². The van der Waals surface area contributed by atoms with E-state index in [2.05, 4.69) is 89.4 Å². The van der Waals surface area contributed by atoms with E-state index in [9.17, 15) is 92.3 Å². The molecule has 0 unspecified atom stereocenters. The van der Waals surface area contributed by atoms with Crippen LogP contribution in [0.15, 0.2) is 104 Å². The zero-order chi connectivity index (χ0) is 98.7. The van der Waals surface area contributed by atoms with Crippen molar-refractivity contribution < 1.29 is 102 Å². The van der Waals surface area contributed by atoms with Crippen LogP contribution in [0.3, 0.4) is 0 Å². The molecule has 134 heavy (non-hydrogen) atoms. The molecule has 3 heterocycles. The molecule has 1 aliphatic heterocycles. The number of unbranched alkanes of at least 4 members (excludes halogenated alkanes) is 1. The number of guanidine groups is 1. The van der Waals surface area contributed by atoms with Crippen molar-refractivity contribution in [3.8, 4) is 0 Å². The average Bonchev–Trinajstić information content (AvgIpc) is 1.67. The lowest BCUT2D eigenvalue weighted by Gasteiger charge is -2.30. The van der Waals surface area contributed by atoms with E-state index < -0.39 is 235 Å². The van der Waals surface area contributed by atoms with Gasteiger partial charge in [-0.1, -0.05) is 107 Å². The lowest BCUT2D eigenvalue weighted by Crippen LogP contribution is -2.62. The van der Waals surface area contributed by atoms with Gasteiger partial charge in [-0.15, -0.1) is 0 Å². The molecule has 43 nitrogen and oxygen atoms in total. The maximum Gasteiger partial charge on any atom is 0.326 e. The number of aromatic nitrogens is 3. The van der Waals surface area contributed by atoms with Gasteiger partial charge in [-0.25, -0.2) is 9.78 Å². The second-order valence-electron chi connectivity index (χ2n) is 33.5. The molecule has 0 spiro atoms. The number of fused-ring (bicyclic) bond motifs is 1. The number of aliphatic carboxylic acids is 3. The third-order valence-corrected chi connectivity index (χ3v) is 23.4. The Morgan fingerprint density at radius 2 is 0.940 bits per heavy atom. The number of hydrogen-bond donors (Lipinski definition) is 24. The van der Waals surface area contributed by atoms with Crippen LogP contribution in [-0.2, 0) is 107 Å². The molecular formula is C89H130N22O21S2. The van der Waals surface area contributed by atoms with E-state index in [0.717, 1.165) is 0 Å². The molecule has 1 aliphatic rings. The minimum absolute atomic E-state index is 0.0141. The molecule has 6 rings (SSSR count). The number of H-pyrrole nitrogens is 2. The van der Waals surface area contributed by atoms with Crippen LogP contribution in [0.1, 0.15) is 147 Å². The van der Waals surface area contributed by atoms with Crippen LogP contribution in [-0.4, -0.2) is 288 Å². The van der Waals surface area contributed by atoms with E-state index in [1.54, 1.807) is 117 Å². The molecule has 0 radical (unpaired) electrons. The van der Waals surface area contributed by atoms with Crippen molar-refractivity contribution in [2.75, 3.05) is 50.3 Å². The van der Waals surface area contributed by atoms with Crippen LogP contribution >= 0.6 is 23.5 Å². The van der Waals surface area contributed by atoms with Crippen molar-refractivity contribution in [2.45, 2.75) is 241 Å². The number of benzene rings is 3. The fourth-order valence-corrected chi connectivity index (χ4v) is 15.8. The summed E-state index contributed by atoms with van der Waals surface area (Å²) in [5, 5.41) is 85.3. The van der Waals surface area contributed by atoms with Gasteiger partial charge in [0, 0.05) is 80.6 Å². The number of imidazole rings is 1. The summed E-state index contributed by atoms with van der Waals surface area (Å²) >= 11 is 2.56. The number of carboxylic acids is 3. The first kappa shape index (κ1) is 110. The number of hydrogen-bond acceptors (Lipinski definition) is 24. The standard InChI is InChI=1S/C89H130N22O21S2/c1-49(2)40-57(91)74(117)98-51(5)87(130)111-37-19-28-70(111)85(128)106-66(42-53-22-12-9-13-23-53)82(125)105-65(41-52-20-10-8-11-21-52)81(124)102-62(30-32-72(115)116)78(121)109-69(47-112)84(127)104-63(33-38-133-6)79(122)99-59(26-16-17-35-90)75(118)103-64(34-39-134-7)80(123)110-73(50(3)4)86(129)107-67(43-54-45-96-58-25-15-14-24-56(54)58)83(126)100-60(27-18-36-95-89(92)93)76(119)101-61(29-31-71(113)114)77(120)108-68(88(131)132)44-55-46-94-48-97-55/h8-15,20-25,45-46,48-51,57,59-70,73,96,112H,16-19,26-44,47,90-91H2,1-7H3,(H,94,97)(H,98,117)(H,99,122)(H,100,126)(H,101,119)(H,102,124)(H,103,118)(H,104,127)(H,105,125)(H,106,128)(H,107,129)(H,108,120)(H,109,121)(H,110,123)(H,113,114)(H,115,116)(H,131,132)(H4,92,93,95)/t51-,57-,59-,60-,61-,62-,63-,64-,65-,66-,67-,68-,69-,70-,73-/m0/s1. The van der Waals surface area contributed by atoms with Gasteiger partial charge in [0.2, 0.25) is 82.7 Å². The Bertz CT molecular complexity index is 4760. The van der Waals surface area contributed by atoms with Crippen molar-refractivity contribution in [3.63, 3.8) is 0 Å². The number of aromatic amines is 2. The highest BCUT2D eigenvalue weighted by molar-refractivity contribution is 7.98. The van der Waals surface area contributed by atoms with Gasteiger partial charge < -0.3 is 127 Å². The second-order valence-corrected chi connectivity index (χ2v) is 35.5. The van der Waals surface area contributed by atoms with Crippen LogP contribution in [0.5, 0.6) is 0 Å². The second kappa shape index (κ2) is 57.0. The molecule has 0 bridgehead atoms. The highest BCUT2D eigenvalue weighted by Gasteiger charge is 2.42. The number of thioether (sulfide) groups is 2. The lowest BCUT2D eigenvalue weighted by atomic mass is 9.99. The number of aliphatic hydroxyl groups is 1. The largest absolute Gasteiger partial charge is 0.481 e. The number of para-hydroxylation sites is 1. The normalized spacial score (nSPS) is 15.5. The predicted octanol–water partition coefficient (Wildman–Crippen LogP) is -1.79. The number of rotatable bonds is 60. The molecule has 14 amide bonds. The number of nitrogens with zero attached hydrogens (tertiary/aromatic N) is 2. The van der Waals surface area contributed by atoms with Crippen LogP contribution in [0.4, 0.5) is 0 Å². The van der Waals surface area contributed by atoms with Crippen molar-refractivity contribution in [2.24, 2.45) is 29.0 Å². The Labute approximate surface area is 784 Å². The summed E-state index contributed by atoms with van der Waals surface area (Å²) < 4.78 is 0. The fourth-order valence-electron chi connectivity index (χ4n) is 14.8. The van der Waals surface area contributed by atoms with E-state index in [-0.39, 0.29) is 108 Å². The maximum atomic E-state index is 15.1. The molecule has 45 heteroatoms. The van der Waals surface area contributed by atoms with Crippen molar-refractivity contribution in [1.82, 2.24) is 94.3 Å². The van der Waals surface area contributed by atoms with Crippen LogP contribution in [0.2, 0.25) is 0 Å². The quantitative estimate of drug-likeness (QED) is 0.0116. The highest BCUT2D eigenvalue weighted by Crippen LogP contribution is 2.23. The molecule has 2 aromatic heterocycles. The predicted molar refractivity (Wildman–Crippen MR) is 499 cm³/mol. The first-order chi connectivity index (χ1) is 63.8. The van der Waals surface area contributed by atoms with Crippen molar-refractivity contribution in [1.29, 1.82) is 5.41 Å². The molecule has 5 aromatic rings. The summed E-state index contributed by atoms with van der Waals surface area (Å²) in [6.07, 6.45) is 5.16. The third kappa shape index (κ3) is 37.0. The maximum absolute atomic E-state index is 15.1. The monoisotopic (exact) mass is 1910 g/mol. The zero-order valence-electron chi connectivity index (χ0n) is 76.3. The first-order valence-electron chi connectivity index (χ1n) is 44.5. The van der Waals surface area contributed by atoms with Gasteiger partial charge in [0.25, 0.3) is 0 Å². The zero-order valence-corrected chi connectivity index (χ0v) is 77.9. The highest BCUT2D eigenvalue weighted by atomic mass is 32.2. The number of amides is 14. The molecule has 15 atom stereocenters. The number of nitrogens with two attached hydrogens (primary N) is 3. The third-order valence-electron chi connectivity index (χ3n) is 22.1. The molecule has 1 saturated heterocycles. The smallest absolute Gasteiger partial charge is 0.326 e. The topological polar surface area (TPSA) is 689 Å². The number of aliphatic hydroxyl groups excluding tert-OH is 1. The molecule has 1 fully saturated rings. The number of carbonyl (C=O) groups is 17. The summed E-state index contributed by atoms with van der Waals surface area (Å²) in [5.74, 6) is -17.8. The number of likely N-dealkylation sites (tertiary alicyclic amines) is 1. The molecule has 3 aromatic carbocycles. The van der Waals surface area contributed by atoms with Gasteiger partial charge in [0.15, 0.2) is 5.96 Å². The number of carboxylic acid groups (broad SMARTS) is 3. The molecule has 0 saturated carbocycles. The Morgan fingerprint density at radius 3 is 1.41 bits per heavy atom. The van der Waals surface area contributed by atoms with Gasteiger partial charge in [-0.05, 0) is 149 Å². The van der Waals surface area contributed by atoms with E-state index in [1.165, 1.54) is 47.9 Å². The van der Waals surface area contributed by atoms with Crippen LogP contribution in [0.25, 0.3) is 10.9 Å². The Morgan fingerprint density at radius 1 is 0.500 bits per heavy atom. The lowest BCUT2D eigenvalue weighted by molar-refractivity contribution is -0.143. The summed E-state index contributed by atoms with van der Waals surface area (Å²) in [7, 11) is 0. The summed E-state index contributed by atoms with van der Waals surface area (Å²) in [5.41, 5.74) is 20.1. The summed E-state index contributed by atoms with van der Waals surface area (Å²) in [6, 6.07) is 1.78. The fraction of sp³-hybridized carbons (Fsp3) is 0.539. The van der Waals surface area contributed by atoms with Crippen LogP contribution < -0.4 is 91.6 Å².